The first-order chi connectivity index (χ1) is 9.91. The van der Waals surface area contributed by atoms with E-state index in [0.717, 1.165) is 11.0 Å². The Morgan fingerprint density at radius 3 is 2.57 bits per heavy atom. The summed E-state index contributed by atoms with van der Waals surface area (Å²) in [6.45, 7) is -0.372. The highest BCUT2D eigenvalue weighted by atomic mass is 19.2. The first kappa shape index (κ1) is 14.8. The maximum Gasteiger partial charge on any atom is 0.324 e. The van der Waals surface area contributed by atoms with Gasteiger partial charge in [0.15, 0.2) is 17.5 Å². The van der Waals surface area contributed by atoms with Crippen molar-refractivity contribution in [3.05, 3.63) is 35.1 Å². The topological polar surface area (TPSA) is 78.5 Å². The molecule has 0 unspecified atom stereocenters. The molecule has 9 heteroatoms. The van der Waals surface area contributed by atoms with Gasteiger partial charge < -0.3 is 10.6 Å². The highest BCUT2D eigenvalue weighted by Gasteiger charge is 2.28. The van der Waals surface area contributed by atoms with Gasteiger partial charge in [-0.25, -0.2) is 18.0 Å². The Hall–Kier alpha value is -2.58. The summed E-state index contributed by atoms with van der Waals surface area (Å²) in [6.07, 6.45) is 0. The highest BCUT2D eigenvalue weighted by Crippen LogP contribution is 2.14. The summed E-state index contributed by atoms with van der Waals surface area (Å²) in [7, 11) is 0. The van der Waals surface area contributed by atoms with Crippen molar-refractivity contribution in [1.29, 1.82) is 0 Å². The van der Waals surface area contributed by atoms with Gasteiger partial charge >= 0.3 is 6.03 Å². The van der Waals surface area contributed by atoms with E-state index in [4.69, 9.17) is 0 Å². The zero-order valence-electron chi connectivity index (χ0n) is 10.6. The number of rotatable bonds is 4. The molecular weight excluding hydrogens is 291 g/mol. The van der Waals surface area contributed by atoms with Crippen molar-refractivity contribution in [2.75, 3.05) is 19.6 Å². The number of imide groups is 1. The van der Waals surface area contributed by atoms with E-state index in [1.54, 1.807) is 0 Å². The number of nitrogens with zero attached hydrogens (tertiary/aromatic N) is 1. The molecule has 2 N–H and O–H groups in total. The third kappa shape index (κ3) is 2.96. The third-order valence-electron chi connectivity index (χ3n) is 2.84. The summed E-state index contributed by atoms with van der Waals surface area (Å²) >= 11 is 0. The monoisotopic (exact) mass is 301 g/mol. The Bertz CT molecular complexity index is 605. The van der Waals surface area contributed by atoms with Gasteiger partial charge in [-0.15, -0.1) is 0 Å². The van der Waals surface area contributed by atoms with E-state index < -0.39 is 40.9 Å². The van der Waals surface area contributed by atoms with Crippen molar-refractivity contribution in [2.24, 2.45) is 0 Å². The quantitative estimate of drug-likeness (QED) is 0.623. The van der Waals surface area contributed by atoms with Crippen LogP contribution in [-0.4, -0.2) is 42.4 Å². The predicted molar refractivity (Wildman–Crippen MR) is 63.8 cm³/mol. The van der Waals surface area contributed by atoms with Crippen LogP contribution in [0, 0.1) is 17.5 Å². The average Bonchev–Trinajstić information content (AvgIpc) is 2.76. The molecular formula is C12H10F3N3O3. The predicted octanol–water partition coefficient (Wildman–Crippen LogP) is 0.386. The molecule has 1 aromatic carbocycles. The average molecular weight is 301 g/mol. The van der Waals surface area contributed by atoms with Crippen LogP contribution < -0.4 is 10.6 Å². The molecule has 21 heavy (non-hydrogen) atoms. The Labute approximate surface area is 116 Å². The Kier molecular flexibility index (Phi) is 4.10. The smallest absolute Gasteiger partial charge is 0.324 e. The van der Waals surface area contributed by atoms with E-state index in [2.05, 4.69) is 10.6 Å². The molecule has 0 radical (unpaired) electrons. The van der Waals surface area contributed by atoms with Crippen LogP contribution in [-0.2, 0) is 4.79 Å². The number of carbonyl (C=O) groups is 3. The Morgan fingerprint density at radius 2 is 1.95 bits per heavy atom. The molecule has 1 fully saturated rings. The van der Waals surface area contributed by atoms with Gasteiger partial charge in [0.1, 0.15) is 0 Å². The minimum absolute atomic E-state index is 0.109. The van der Waals surface area contributed by atoms with E-state index >= 15 is 0 Å². The number of halogens is 3. The number of carbonyl (C=O) groups excluding carboxylic acids is 3. The molecule has 2 rings (SSSR count). The lowest BCUT2D eigenvalue weighted by atomic mass is 10.2. The number of amides is 4. The summed E-state index contributed by atoms with van der Waals surface area (Å²) in [5, 5.41) is 4.50. The van der Waals surface area contributed by atoms with Crippen LogP contribution in [0.25, 0.3) is 0 Å². The summed E-state index contributed by atoms with van der Waals surface area (Å²) in [5.41, 5.74) is -0.661. The lowest BCUT2D eigenvalue weighted by Crippen LogP contribution is -2.38. The first-order valence-electron chi connectivity index (χ1n) is 5.91. The molecule has 0 saturated carbocycles. The summed E-state index contributed by atoms with van der Waals surface area (Å²) in [4.78, 5) is 34.9. The number of hydrogen-bond acceptors (Lipinski definition) is 3. The number of hydrogen-bond donors (Lipinski definition) is 2. The lowest BCUT2D eigenvalue weighted by molar-refractivity contribution is -0.124. The van der Waals surface area contributed by atoms with Crippen LogP contribution in [0.15, 0.2) is 12.1 Å². The second kappa shape index (κ2) is 5.81. The van der Waals surface area contributed by atoms with E-state index in [0.29, 0.717) is 6.07 Å². The fourth-order valence-electron chi connectivity index (χ4n) is 1.76. The first-order valence-corrected chi connectivity index (χ1v) is 5.91. The molecule has 1 saturated heterocycles. The van der Waals surface area contributed by atoms with Gasteiger partial charge in [0.05, 0.1) is 12.1 Å². The molecule has 1 heterocycles. The van der Waals surface area contributed by atoms with Crippen molar-refractivity contribution >= 4 is 17.8 Å². The van der Waals surface area contributed by atoms with E-state index in [1.807, 2.05) is 0 Å². The van der Waals surface area contributed by atoms with Crippen LogP contribution in [0.5, 0.6) is 0 Å². The lowest BCUT2D eigenvalue weighted by Gasteiger charge is -2.13. The molecule has 0 spiro atoms. The molecule has 1 aliphatic rings. The van der Waals surface area contributed by atoms with Gasteiger partial charge in [-0.05, 0) is 12.1 Å². The van der Waals surface area contributed by atoms with Crippen LogP contribution in [0.1, 0.15) is 10.4 Å². The van der Waals surface area contributed by atoms with Gasteiger partial charge in [0.25, 0.3) is 5.91 Å². The zero-order chi connectivity index (χ0) is 15.6. The van der Waals surface area contributed by atoms with E-state index in [9.17, 15) is 27.6 Å². The summed E-state index contributed by atoms with van der Waals surface area (Å²) < 4.78 is 39.1. The maximum atomic E-state index is 13.4. The van der Waals surface area contributed by atoms with Crippen LogP contribution in [0.2, 0.25) is 0 Å². The van der Waals surface area contributed by atoms with Crippen molar-refractivity contribution in [1.82, 2.24) is 15.5 Å². The third-order valence-corrected chi connectivity index (χ3v) is 2.84. The molecule has 0 aromatic heterocycles. The number of benzene rings is 1. The molecule has 0 aliphatic carbocycles. The second-order valence-electron chi connectivity index (χ2n) is 4.18. The SMILES string of the molecule is O=C(NCCN1C(=O)CNC1=O)c1ccc(F)c(F)c1F. The van der Waals surface area contributed by atoms with Crippen LogP contribution >= 0.6 is 0 Å². The van der Waals surface area contributed by atoms with Gasteiger partial charge in [-0.2, -0.15) is 0 Å². The van der Waals surface area contributed by atoms with Crippen LogP contribution in [0.4, 0.5) is 18.0 Å². The van der Waals surface area contributed by atoms with Gasteiger partial charge in [-0.1, -0.05) is 0 Å². The highest BCUT2D eigenvalue weighted by molar-refractivity contribution is 6.02. The normalized spacial score (nSPS) is 14.3. The molecule has 6 nitrogen and oxygen atoms in total. The fraction of sp³-hybridized carbons (Fsp3) is 0.250. The second-order valence-corrected chi connectivity index (χ2v) is 4.18. The summed E-state index contributed by atoms with van der Waals surface area (Å²) in [6, 6.07) is 0.843. The van der Waals surface area contributed by atoms with E-state index in [-0.39, 0.29) is 19.6 Å². The van der Waals surface area contributed by atoms with Gasteiger partial charge in [0.2, 0.25) is 5.91 Å². The Morgan fingerprint density at radius 1 is 1.24 bits per heavy atom. The molecule has 0 bridgehead atoms. The van der Waals surface area contributed by atoms with Gasteiger partial charge in [-0.3, -0.25) is 14.5 Å². The van der Waals surface area contributed by atoms with Crippen molar-refractivity contribution in [2.45, 2.75) is 0 Å². The largest absolute Gasteiger partial charge is 0.350 e. The fourth-order valence-corrected chi connectivity index (χ4v) is 1.76. The van der Waals surface area contributed by atoms with E-state index in [1.165, 1.54) is 0 Å². The van der Waals surface area contributed by atoms with Crippen molar-refractivity contribution < 1.29 is 27.6 Å². The molecule has 1 aliphatic heterocycles. The molecule has 0 atom stereocenters. The maximum absolute atomic E-state index is 13.4. The molecule has 112 valence electrons. The number of nitrogens with one attached hydrogen (secondary N) is 2. The minimum Gasteiger partial charge on any atom is -0.350 e. The van der Waals surface area contributed by atoms with Crippen LogP contribution in [0.3, 0.4) is 0 Å². The summed E-state index contributed by atoms with van der Waals surface area (Å²) in [5.74, 6) is -6.16. The van der Waals surface area contributed by atoms with Crippen molar-refractivity contribution in [3.8, 4) is 0 Å². The van der Waals surface area contributed by atoms with Gasteiger partial charge in [0, 0.05) is 13.1 Å². The zero-order valence-corrected chi connectivity index (χ0v) is 10.6. The molecule has 4 amide bonds. The van der Waals surface area contributed by atoms with Crippen molar-refractivity contribution in [3.63, 3.8) is 0 Å². The number of urea groups is 1. The molecule has 1 aromatic rings. The minimum atomic E-state index is -1.74. The Balaban J connectivity index is 1.95. The standard InChI is InChI=1S/C12H10F3N3O3/c13-7-2-1-6(9(14)10(7)15)11(20)16-3-4-18-8(19)5-17-12(18)21/h1-2H,3-5H2,(H,16,20)(H,17,21).